The van der Waals surface area contributed by atoms with Crippen molar-refractivity contribution in [2.45, 2.75) is 88.9 Å². The number of aryl methyl sites for hydroxylation is 2. The first-order chi connectivity index (χ1) is 36.4. The summed E-state index contributed by atoms with van der Waals surface area (Å²) in [5.41, 5.74) is 16.3. The molecular weight excluding hydrogens is 929 g/mol. The Balaban J connectivity index is 0.000000143. The van der Waals surface area contributed by atoms with Gasteiger partial charge in [0.1, 0.15) is 24.7 Å². The highest BCUT2D eigenvalue weighted by Crippen LogP contribution is 2.37. The number of aromatic nitrogens is 6. The molecule has 0 radical (unpaired) electrons. The highest BCUT2D eigenvalue weighted by molar-refractivity contribution is 6.00. The van der Waals surface area contributed by atoms with Gasteiger partial charge in [0.15, 0.2) is 11.3 Å². The van der Waals surface area contributed by atoms with Gasteiger partial charge in [0.2, 0.25) is 0 Å². The molecule has 8 heterocycles. The Morgan fingerprint density at radius 3 is 1.70 bits per heavy atom. The third-order valence-corrected chi connectivity index (χ3v) is 16.0. The number of rotatable bonds is 7. The molecule has 8 aromatic rings. The van der Waals surface area contributed by atoms with E-state index in [1.807, 2.05) is 48.8 Å². The minimum Gasteiger partial charge on any atom is -0.491 e. The van der Waals surface area contributed by atoms with E-state index in [9.17, 15) is 9.59 Å². The predicted octanol–water partition coefficient (Wildman–Crippen LogP) is 8.75. The van der Waals surface area contributed by atoms with Gasteiger partial charge in [-0.1, -0.05) is 61.4 Å². The van der Waals surface area contributed by atoms with Crippen LogP contribution in [0.4, 0.5) is 0 Å². The van der Waals surface area contributed by atoms with Crippen LogP contribution in [0.1, 0.15) is 87.9 Å². The number of fused-ring (bicyclic) bond motifs is 6. The van der Waals surface area contributed by atoms with Gasteiger partial charge in [0.25, 0.3) is 11.8 Å². The fraction of sp³-hybridized carbons (Fsp3) is 0.356. The van der Waals surface area contributed by atoms with Crippen molar-refractivity contribution >= 4 is 33.9 Å². The first kappa shape index (κ1) is 46.3. The molecule has 4 aliphatic heterocycles. The third kappa shape index (κ3) is 9.28. The van der Waals surface area contributed by atoms with Crippen molar-refractivity contribution in [1.82, 2.24) is 51.2 Å². The summed E-state index contributed by atoms with van der Waals surface area (Å²) >= 11 is 0. The lowest BCUT2D eigenvalue weighted by molar-refractivity contribution is 0.0949. The van der Waals surface area contributed by atoms with Crippen LogP contribution in [0.3, 0.4) is 0 Å². The van der Waals surface area contributed by atoms with Crippen molar-refractivity contribution in [3.05, 3.63) is 131 Å². The molecule has 15 nitrogen and oxygen atoms in total. The quantitative estimate of drug-likeness (QED) is 0.0963. The van der Waals surface area contributed by atoms with Crippen molar-refractivity contribution < 1.29 is 23.8 Å². The lowest BCUT2D eigenvalue weighted by Crippen LogP contribution is -2.38. The van der Waals surface area contributed by atoms with Crippen LogP contribution in [-0.2, 0) is 30.5 Å². The number of benzene rings is 4. The SMILES string of the molecule is O=C1NCCOc2cc(-c3[nH]nc4ncc(-c5ccc6c(c5)CCC(NC5CCOC5)CC6)cc34)ccc21.O=C1NCCOc2cc(-c3[nH]nc4ncc(-c5ccc6c(c5)CCN(C5CCCC5)C6)cc34)ccc21. The van der Waals surface area contributed by atoms with Crippen LogP contribution in [-0.4, -0.2) is 111 Å². The zero-order valence-corrected chi connectivity index (χ0v) is 41.5. The number of carbonyl (C=O) groups is 2. The van der Waals surface area contributed by atoms with Crippen molar-refractivity contribution in [3.8, 4) is 56.3 Å². The smallest absolute Gasteiger partial charge is 0.255 e. The zero-order valence-electron chi connectivity index (χ0n) is 41.5. The Labute approximate surface area is 429 Å². The maximum absolute atomic E-state index is 12.3. The first-order valence-corrected chi connectivity index (χ1v) is 26.6. The monoisotopic (exact) mass is 988 g/mol. The molecule has 2 amide bonds. The number of pyridine rings is 2. The van der Waals surface area contributed by atoms with E-state index < -0.39 is 0 Å². The second-order valence-corrected chi connectivity index (χ2v) is 20.6. The standard InChI is InChI=1S/C30H31N5O3.C29H29N5O2/c36-30-25-8-5-21(15-27(25)38-12-10-31-30)28-26-14-22(16-32-29(26)35-34-28)20-2-1-18-3-6-23(7-4-19(18)13-20)33-24-9-11-37-17-24;35-29-24-8-7-20(15-26(24)36-12-10-30-29)27-25-14-22(16-31-28(25)33-32-27)18-5-6-21-17-34(11-9-19(21)13-18)23-3-1-2-4-23/h1-2,5,8,13-16,23-24,33H,3-4,6-7,9-12,17H2,(H,31,36)(H,32,34,35);5-8,13-16,23H,1-4,9-12,17H2,(H,30,35)(H,31,32,33). The maximum atomic E-state index is 12.3. The van der Waals surface area contributed by atoms with E-state index >= 15 is 0 Å². The van der Waals surface area contributed by atoms with E-state index in [-0.39, 0.29) is 11.8 Å². The van der Waals surface area contributed by atoms with Crippen molar-refractivity contribution in [1.29, 1.82) is 0 Å². The van der Waals surface area contributed by atoms with Gasteiger partial charge in [0, 0.05) is 83.2 Å². The van der Waals surface area contributed by atoms with Gasteiger partial charge >= 0.3 is 0 Å². The minimum absolute atomic E-state index is 0.105. The van der Waals surface area contributed by atoms with Gasteiger partial charge in [-0.15, -0.1) is 0 Å². The summed E-state index contributed by atoms with van der Waals surface area (Å²) in [6.45, 7) is 5.84. The van der Waals surface area contributed by atoms with Crippen LogP contribution in [0.25, 0.3) is 66.8 Å². The second-order valence-electron chi connectivity index (χ2n) is 20.6. The molecule has 2 fully saturated rings. The second kappa shape index (κ2) is 20.1. The van der Waals surface area contributed by atoms with Crippen molar-refractivity contribution in [2.75, 3.05) is 46.1 Å². The molecule has 2 unspecified atom stereocenters. The van der Waals surface area contributed by atoms with Gasteiger partial charge in [-0.25, -0.2) is 9.97 Å². The van der Waals surface area contributed by atoms with E-state index in [2.05, 4.69) is 99.7 Å². The third-order valence-electron chi connectivity index (χ3n) is 16.0. The molecule has 1 saturated carbocycles. The zero-order chi connectivity index (χ0) is 49.5. The minimum atomic E-state index is -0.111. The molecule has 15 heteroatoms. The lowest BCUT2D eigenvalue weighted by Gasteiger charge is -2.33. The maximum Gasteiger partial charge on any atom is 0.255 e. The molecule has 2 aliphatic carbocycles. The molecule has 376 valence electrons. The number of hydrogen-bond donors (Lipinski definition) is 5. The van der Waals surface area contributed by atoms with Crippen molar-refractivity contribution in [3.63, 3.8) is 0 Å². The van der Waals surface area contributed by atoms with Gasteiger partial charge < -0.3 is 30.2 Å². The highest BCUT2D eigenvalue weighted by Gasteiger charge is 2.28. The Morgan fingerprint density at radius 2 is 1.11 bits per heavy atom. The van der Waals surface area contributed by atoms with Gasteiger partial charge in [-0.2, -0.15) is 10.2 Å². The number of carbonyl (C=O) groups excluding carboxylic acids is 2. The molecule has 0 spiro atoms. The van der Waals surface area contributed by atoms with Crippen LogP contribution >= 0.6 is 0 Å². The van der Waals surface area contributed by atoms with Crippen LogP contribution in [0.15, 0.2) is 97.3 Å². The summed E-state index contributed by atoms with van der Waals surface area (Å²) in [4.78, 5) is 36.6. The van der Waals surface area contributed by atoms with Crippen LogP contribution < -0.4 is 25.4 Å². The summed E-state index contributed by atoms with van der Waals surface area (Å²) in [6.07, 6.45) is 16.0. The molecule has 5 N–H and O–H groups in total. The molecule has 6 aliphatic rings. The topological polar surface area (TPSA) is 184 Å². The van der Waals surface area contributed by atoms with Crippen LogP contribution in [0.5, 0.6) is 11.5 Å². The fourth-order valence-electron chi connectivity index (χ4n) is 12.0. The van der Waals surface area contributed by atoms with Gasteiger partial charge in [-0.05, 0) is 121 Å². The molecule has 14 rings (SSSR count). The summed E-state index contributed by atoms with van der Waals surface area (Å²) < 4.78 is 17.2. The Bertz CT molecular complexity index is 3430. The van der Waals surface area contributed by atoms with E-state index in [0.29, 0.717) is 72.3 Å². The molecule has 1 saturated heterocycles. The number of H-pyrrole nitrogens is 2. The van der Waals surface area contributed by atoms with E-state index in [1.54, 1.807) is 0 Å². The fourth-order valence-corrected chi connectivity index (χ4v) is 12.0. The first-order valence-electron chi connectivity index (χ1n) is 26.6. The molecule has 74 heavy (non-hydrogen) atoms. The van der Waals surface area contributed by atoms with Crippen molar-refractivity contribution in [2.24, 2.45) is 0 Å². The van der Waals surface area contributed by atoms with E-state index in [0.717, 1.165) is 109 Å². The van der Waals surface area contributed by atoms with Gasteiger partial charge in [0.05, 0.1) is 42.2 Å². The number of nitrogens with one attached hydrogen (secondary N) is 5. The number of nitrogens with zero attached hydrogens (tertiary/aromatic N) is 5. The molecular formula is C59H60N10O5. The number of aromatic amines is 2. The van der Waals surface area contributed by atoms with Crippen LogP contribution in [0, 0.1) is 0 Å². The summed E-state index contributed by atoms with van der Waals surface area (Å²) in [5.74, 6) is 0.964. The van der Waals surface area contributed by atoms with Gasteiger partial charge in [-0.3, -0.25) is 24.7 Å². The molecule has 2 atom stereocenters. The Morgan fingerprint density at radius 1 is 0.541 bits per heavy atom. The predicted molar refractivity (Wildman–Crippen MR) is 284 cm³/mol. The normalized spacial score (nSPS) is 19.8. The molecule has 4 aromatic carbocycles. The van der Waals surface area contributed by atoms with E-state index in [1.165, 1.54) is 65.5 Å². The number of ether oxygens (including phenoxy) is 3. The summed E-state index contributed by atoms with van der Waals surface area (Å²) in [6, 6.07) is 31.2. The van der Waals surface area contributed by atoms with Crippen LogP contribution in [0.2, 0.25) is 0 Å². The average Bonchev–Trinajstić information content (AvgIpc) is 4.26. The largest absolute Gasteiger partial charge is 0.491 e. The number of hydrogen-bond acceptors (Lipinski definition) is 11. The summed E-state index contributed by atoms with van der Waals surface area (Å²) in [5, 5.41) is 26.6. The molecule has 4 aromatic heterocycles. The average molecular weight is 989 g/mol. The Kier molecular flexibility index (Phi) is 12.6. The number of amides is 2. The summed E-state index contributed by atoms with van der Waals surface area (Å²) in [7, 11) is 0. The van der Waals surface area contributed by atoms with E-state index in [4.69, 9.17) is 14.2 Å². The Hall–Kier alpha value is -7.46. The molecule has 0 bridgehead atoms. The highest BCUT2D eigenvalue weighted by atomic mass is 16.5. The lowest BCUT2D eigenvalue weighted by atomic mass is 9.93.